The van der Waals surface area contributed by atoms with Crippen LogP contribution < -0.4 is 9.47 Å². The second-order valence-electron chi connectivity index (χ2n) is 6.53. The molecule has 31 heavy (non-hydrogen) atoms. The number of carbonyl (C=O) groups excluding carboxylic acids is 2. The lowest BCUT2D eigenvalue weighted by Gasteiger charge is -2.24. The summed E-state index contributed by atoms with van der Waals surface area (Å²) in [4.78, 5) is 31.3. The van der Waals surface area contributed by atoms with Gasteiger partial charge in [0.25, 0.3) is 11.7 Å². The number of ether oxygens (including phenoxy) is 3. The van der Waals surface area contributed by atoms with E-state index in [0.717, 1.165) is 0 Å². The Balaban J connectivity index is 2.27. The number of rotatable bonds is 7. The SMILES string of the molecule is COCCN1C(=O)C(=O)/C(=C(/O)c2cc(Cl)c(OC)c(Cl)c2OC)C1c1ccccn1. The third-order valence-corrected chi connectivity index (χ3v) is 5.46. The summed E-state index contributed by atoms with van der Waals surface area (Å²) >= 11 is 12.6. The number of hydrogen-bond donors (Lipinski definition) is 1. The van der Waals surface area contributed by atoms with Crippen molar-refractivity contribution in [1.29, 1.82) is 0 Å². The average Bonchev–Trinajstić information content (AvgIpc) is 3.02. The topological polar surface area (TPSA) is 98.2 Å². The summed E-state index contributed by atoms with van der Waals surface area (Å²) in [6.45, 7) is 0.320. The molecule has 2 heterocycles. The number of aliphatic hydroxyl groups is 1. The molecule has 2 aromatic rings. The summed E-state index contributed by atoms with van der Waals surface area (Å²) in [6.07, 6.45) is 1.54. The number of likely N-dealkylation sites (tertiary alicyclic amines) is 1. The Morgan fingerprint density at radius 2 is 1.87 bits per heavy atom. The molecule has 1 N–H and O–H groups in total. The van der Waals surface area contributed by atoms with Crippen LogP contribution in [0.5, 0.6) is 11.5 Å². The number of ketones is 1. The van der Waals surface area contributed by atoms with Crippen molar-refractivity contribution >= 4 is 40.7 Å². The first-order chi connectivity index (χ1) is 14.9. The minimum absolute atomic E-state index is 0.0158. The van der Waals surface area contributed by atoms with Gasteiger partial charge in [0.05, 0.1) is 42.7 Å². The molecule has 8 nitrogen and oxygen atoms in total. The highest BCUT2D eigenvalue weighted by atomic mass is 35.5. The van der Waals surface area contributed by atoms with E-state index in [-0.39, 0.29) is 45.8 Å². The van der Waals surface area contributed by atoms with Crippen LogP contribution in [0.4, 0.5) is 0 Å². The minimum atomic E-state index is -0.930. The molecule has 1 atom stereocenters. The first kappa shape index (κ1) is 22.9. The second-order valence-corrected chi connectivity index (χ2v) is 7.31. The molecule has 164 valence electrons. The highest BCUT2D eigenvalue weighted by Crippen LogP contribution is 2.47. The van der Waals surface area contributed by atoms with E-state index in [0.29, 0.717) is 5.69 Å². The van der Waals surface area contributed by atoms with Crippen LogP contribution in [0.3, 0.4) is 0 Å². The van der Waals surface area contributed by atoms with Gasteiger partial charge in [-0.3, -0.25) is 14.6 Å². The van der Waals surface area contributed by atoms with Crippen molar-refractivity contribution in [3.05, 3.63) is 57.3 Å². The smallest absolute Gasteiger partial charge is 0.295 e. The Bertz CT molecular complexity index is 1040. The van der Waals surface area contributed by atoms with Crippen LogP contribution in [0.25, 0.3) is 5.76 Å². The lowest BCUT2D eigenvalue weighted by atomic mass is 9.97. The molecule has 1 amide bonds. The van der Waals surface area contributed by atoms with Crippen LogP contribution in [-0.4, -0.2) is 61.2 Å². The number of Topliss-reactive ketones (excluding diaryl/α,β-unsaturated/α-hetero) is 1. The van der Waals surface area contributed by atoms with E-state index < -0.39 is 23.5 Å². The number of amides is 1. The third kappa shape index (κ3) is 4.06. The summed E-state index contributed by atoms with van der Waals surface area (Å²) in [5.41, 5.74) is 0.295. The molecule has 0 radical (unpaired) electrons. The standard InChI is InChI=1S/C21H20Cl2N2O6/c1-29-9-8-25-16(13-6-4-5-7-24-13)14(18(27)21(25)28)17(26)11-10-12(22)20(31-3)15(23)19(11)30-2/h4-7,10,16,26H,8-9H2,1-3H3/b17-14+. The number of aliphatic hydroxyl groups excluding tert-OH is 1. The maximum Gasteiger partial charge on any atom is 0.295 e. The van der Waals surface area contributed by atoms with E-state index in [9.17, 15) is 14.7 Å². The lowest BCUT2D eigenvalue weighted by Crippen LogP contribution is -2.33. The molecular formula is C21H20Cl2N2O6. The minimum Gasteiger partial charge on any atom is -0.507 e. The van der Waals surface area contributed by atoms with Gasteiger partial charge in [-0.2, -0.15) is 0 Å². The Kier molecular flexibility index (Phi) is 7.04. The van der Waals surface area contributed by atoms with Crippen molar-refractivity contribution in [2.75, 3.05) is 34.5 Å². The molecule has 0 aliphatic carbocycles. The molecule has 1 unspecified atom stereocenters. The number of aromatic nitrogens is 1. The Labute approximate surface area is 188 Å². The molecular weight excluding hydrogens is 447 g/mol. The predicted octanol–water partition coefficient (Wildman–Crippen LogP) is 3.47. The summed E-state index contributed by atoms with van der Waals surface area (Å²) in [5, 5.41) is 11.3. The van der Waals surface area contributed by atoms with Gasteiger partial charge in [0.2, 0.25) is 0 Å². The van der Waals surface area contributed by atoms with Gasteiger partial charge in [-0.1, -0.05) is 29.3 Å². The maximum absolute atomic E-state index is 13.0. The van der Waals surface area contributed by atoms with E-state index in [4.69, 9.17) is 37.4 Å². The Morgan fingerprint density at radius 3 is 2.45 bits per heavy atom. The van der Waals surface area contributed by atoms with Gasteiger partial charge in [0.1, 0.15) is 16.8 Å². The zero-order valence-electron chi connectivity index (χ0n) is 17.0. The Morgan fingerprint density at radius 1 is 1.16 bits per heavy atom. The molecule has 0 saturated carbocycles. The van der Waals surface area contributed by atoms with Crippen LogP contribution in [0.15, 0.2) is 36.0 Å². The van der Waals surface area contributed by atoms with E-state index in [1.54, 1.807) is 18.2 Å². The van der Waals surface area contributed by atoms with E-state index >= 15 is 0 Å². The van der Waals surface area contributed by atoms with Crippen LogP contribution >= 0.6 is 23.2 Å². The van der Waals surface area contributed by atoms with Gasteiger partial charge in [0.15, 0.2) is 11.5 Å². The number of methoxy groups -OCH3 is 3. The zero-order valence-corrected chi connectivity index (χ0v) is 18.5. The fraction of sp³-hybridized carbons (Fsp3) is 0.286. The van der Waals surface area contributed by atoms with Crippen molar-refractivity contribution in [3.63, 3.8) is 0 Å². The number of hydrogen-bond acceptors (Lipinski definition) is 7. The molecule has 1 aromatic carbocycles. The van der Waals surface area contributed by atoms with Crippen LogP contribution in [-0.2, 0) is 14.3 Å². The van der Waals surface area contributed by atoms with Crippen molar-refractivity contribution in [1.82, 2.24) is 9.88 Å². The van der Waals surface area contributed by atoms with Gasteiger partial charge in [-0.05, 0) is 18.2 Å². The monoisotopic (exact) mass is 466 g/mol. The number of pyridine rings is 1. The van der Waals surface area contributed by atoms with Crippen molar-refractivity contribution in [2.45, 2.75) is 6.04 Å². The van der Waals surface area contributed by atoms with Crippen molar-refractivity contribution in [2.24, 2.45) is 0 Å². The van der Waals surface area contributed by atoms with Crippen LogP contribution in [0.1, 0.15) is 17.3 Å². The summed E-state index contributed by atoms with van der Waals surface area (Å²) in [7, 11) is 4.21. The molecule has 10 heteroatoms. The van der Waals surface area contributed by atoms with Gasteiger partial charge < -0.3 is 24.2 Å². The summed E-state index contributed by atoms with van der Waals surface area (Å²) < 4.78 is 15.6. The van der Waals surface area contributed by atoms with Crippen molar-refractivity contribution < 1.29 is 28.9 Å². The molecule has 0 spiro atoms. The molecule has 1 aromatic heterocycles. The molecule has 1 fully saturated rings. The number of halogens is 2. The van der Waals surface area contributed by atoms with Gasteiger partial charge in [-0.25, -0.2) is 0 Å². The Hall–Kier alpha value is -2.81. The number of benzene rings is 1. The molecule has 0 bridgehead atoms. The summed E-state index contributed by atoms with van der Waals surface area (Å²) in [6, 6.07) is 5.52. The lowest BCUT2D eigenvalue weighted by molar-refractivity contribution is -0.140. The number of carbonyl (C=O) groups is 2. The van der Waals surface area contributed by atoms with E-state index in [2.05, 4.69) is 4.98 Å². The largest absolute Gasteiger partial charge is 0.507 e. The first-order valence-corrected chi connectivity index (χ1v) is 9.91. The normalized spacial score (nSPS) is 17.8. The maximum atomic E-state index is 13.0. The molecule has 1 aliphatic rings. The van der Waals surface area contributed by atoms with Gasteiger partial charge >= 0.3 is 0 Å². The van der Waals surface area contributed by atoms with E-state index in [1.165, 1.54) is 38.5 Å². The number of nitrogens with zero attached hydrogens (tertiary/aromatic N) is 2. The third-order valence-electron chi connectivity index (χ3n) is 4.84. The van der Waals surface area contributed by atoms with Crippen molar-refractivity contribution in [3.8, 4) is 11.5 Å². The zero-order chi connectivity index (χ0) is 22.7. The highest BCUT2D eigenvalue weighted by molar-refractivity contribution is 6.47. The highest BCUT2D eigenvalue weighted by Gasteiger charge is 2.47. The predicted molar refractivity (Wildman–Crippen MR) is 115 cm³/mol. The molecule has 1 aliphatic heterocycles. The second kappa shape index (κ2) is 9.55. The van der Waals surface area contributed by atoms with E-state index in [1.807, 2.05) is 0 Å². The fourth-order valence-corrected chi connectivity index (χ4v) is 4.12. The van der Waals surface area contributed by atoms with Crippen LogP contribution in [0, 0.1) is 0 Å². The molecule has 1 saturated heterocycles. The van der Waals surface area contributed by atoms with Gasteiger partial charge in [-0.15, -0.1) is 0 Å². The molecule has 3 rings (SSSR count). The first-order valence-electron chi connectivity index (χ1n) is 9.15. The van der Waals surface area contributed by atoms with Crippen LogP contribution in [0.2, 0.25) is 10.0 Å². The fourth-order valence-electron chi connectivity index (χ4n) is 3.44. The average molecular weight is 467 g/mol. The quantitative estimate of drug-likeness (QED) is 0.378. The summed E-state index contributed by atoms with van der Waals surface area (Å²) in [5.74, 6) is -1.94. The van der Waals surface area contributed by atoms with Gasteiger partial charge in [0, 0.05) is 19.9 Å².